The molecule has 1 aliphatic heterocycles. The molecular weight excluding hydrogens is 463 g/mol. The molecule has 1 aromatic carbocycles. The van der Waals surface area contributed by atoms with Crippen molar-refractivity contribution < 1.29 is 19.2 Å². The minimum absolute atomic E-state index is 0.0545. The predicted molar refractivity (Wildman–Crippen MR) is 116 cm³/mol. The Morgan fingerprint density at radius 1 is 1.23 bits per heavy atom. The monoisotopic (exact) mass is 480 g/mol. The first-order chi connectivity index (χ1) is 14.9. The van der Waals surface area contributed by atoms with Crippen molar-refractivity contribution in [3.05, 3.63) is 56.5 Å². The highest BCUT2D eigenvalue weighted by Crippen LogP contribution is 2.26. The van der Waals surface area contributed by atoms with Crippen LogP contribution in [0.2, 0.25) is 10.0 Å². The summed E-state index contributed by atoms with van der Waals surface area (Å²) in [4.78, 5) is 31.9. The summed E-state index contributed by atoms with van der Waals surface area (Å²) in [6.07, 6.45) is -0.0545. The molecule has 4 rings (SSSR count). The van der Waals surface area contributed by atoms with E-state index in [0.29, 0.717) is 28.3 Å². The van der Waals surface area contributed by atoms with Crippen molar-refractivity contribution in [1.82, 2.24) is 19.9 Å². The zero-order chi connectivity index (χ0) is 22.0. The van der Waals surface area contributed by atoms with Crippen molar-refractivity contribution >= 4 is 46.5 Å². The molecule has 0 radical (unpaired) electrons. The van der Waals surface area contributed by atoms with Crippen LogP contribution in [0.4, 0.5) is 4.79 Å². The normalized spacial score (nSPS) is 16.7. The molecule has 1 N–H and O–H groups in total. The van der Waals surface area contributed by atoms with Gasteiger partial charge in [0, 0.05) is 41.0 Å². The first-order valence-electron chi connectivity index (χ1n) is 9.43. The van der Waals surface area contributed by atoms with E-state index in [1.807, 2.05) is 16.8 Å². The lowest BCUT2D eigenvalue weighted by molar-refractivity contribution is -0.138. The number of rotatable bonds is 7. The van der Waals surface area contributed by atoms with Crippen LogP contribution in [0.3, 0.4) is 0 Å². The fourth-order valence-corrected chi connectivity index (χ4v) is 4.62. The Morgan fingerprint density at radius 2 is 2.00 bits per heavy atom. The van der Waals surface area contributed by atoms with Gasteiger partial charge in [0.05, 0.1) is 18.5 Å². The van der Waals surface area contributed by atoms with Gasteiger partial charge in [-0.15, -0.1) is 0 Å². The van der Waals surface area contributed by atoms with E-state index in [0.717, 1.165) is 11.1 Å². The molecular formula is C20H18Cl2N4O4S. The third kappa shape index (κ3) is 5.17. The predicted octanol–water partition coefficient (Wildman–Crippen LogP) is 4.63. The average Bonchev–Trinajstić information content (AvgIpc) is 3.38. The first-order valence-corrected chi connectivity index (χ1v) is 11.1. The van der Waals surface area contributed by atoms with Gasteiger partial charge in [0.1, 0.15) is 0 Å². The van der Waals surface area contributed by atoms with Crippen LogP contribution < -0.4 is 0 Å². The standard InChI is InChI=1S/C20H18Cl2N4O4S/c21-15-2-1-13(16(22)6-15)9-25-7-12(5-18(27)28)8-26(20(25)29)10-17-23-19(30-24-17)14-3-4-31-11-14/h1-4,6,11-12H,5,7-10H2,(H,27,28). The van der Waals surface area contributed by atoms with Crippen LogP contribution in [0.5, 0.6) is 0 Å². The largest absolute Gasteiger partial charge is 0.481 e. The lowest BCUT2D eigenvalue weighted by Crippen LogP contribution is -2.53. The van der Waals surface area contributed by atoms with Crippen molar-refractivity contribution in [2.75, 3.05) is 13.1 Å². The third-order valence-corrected chi connectivity index (χ3v) is 6.18. The van der Waals surface area contributed by atoms with Gasteiger partial charge in [-0.25, -0.2) is 4.79 Å². The van der Waals surface area contributed by atoms with Crippen LogP contribution in [-0.2, 0) is 17.9 Å². The minimum atomic E-state index is -0.914. The third-order valence-electron chi connectivity index (χ3n) is 4.91. The number of halogens is 2. The smallest absolute Gasteiger partial charge is 0.320 e. The number of urea groups is 1. The molecule has 3 heterocycles. The quantitative estimate of drug-likeness (QED) is 0.528. The zero-order valence-electron chi connectivity index (χ0n) is 16.2. The number of carbonyl (C=O) groups is 2. The minimum Gasteiger partial charge on any atom is -0.481 e. The van der Waals surface area contributed by atoms with E-state index >= 15 is 0 Å². The van der Waals surface area contributed by atoms with Gasteiger partial charge in [-0.2, -0.15) is 16.3 Å². The fraction of sp³-hybridized carbons (Fsp3) is 0.300. The molecule has 0 spiro atoms. The number of benzene rings is 1. The van der Waals surface area contributed by atoms with E-state index in [2.05, 4.69) is 10.1 Å². The molecule has 162 valence electrons. The van der Waals surface area contributed by atoms with Gasteiger partial charge in [-0.05, 0) is 29.1 Å². The summed E-state index contributed by atoms with van der Waals surface area (Å²) in [5, 5.41) is 18.0. The van der Waals surface area contributed by atoms with Crippen molar-refractivity contribution in [3.8, 4) is 11.5 Å². The Morgan fingerprint density at radius 3 is 2.68 bits per heavy atom. The molecule has 0 saturated carbocycles. The van der Waals surface area contributed by atoms with Gasteiger partial charge >= 0.3 is 12.0 Å². The maximum Gasteiger partial charge on any atom is 0.320 e. The number of amides is 2. The fourth-order valence-electron chi connectivity index (χ4n) is 3.53. The summed E-state index contributed by atoms with van der Waals surface area (Å²) in [5.74, 6) is -0.421. The molecule has 0 aliphatic carbocycles. The van der Waals surface area contributed by atoms with Crippen molar-refractivity contribution in [1.29, 1.82) is 0 Å². The molecule has 1 fully saturated rings. The number of thiophene rings is 1. The highest BCUT2D eigenvalue weighted by Gasteiger charge is 2.34. The second-order valence-electron chi connectivity index (χ2n) is 7.27. The van der Waals surface area contributed by atoms with Crippen LogP contribution in [0, 0.1) is 5.92 Å². The molecule has 3 aromatic rings. The number of nitrogens with zero attached hydrogens (tertiary/aromatic N) is 4. The van der Waals surface area contributed by atoms with Gasteiger partial charge in [0.15, 0.2) is 5.82 Å². The van der Waals surface area contributed by atoms with E-state index in [4.69, 9.17) is 27.7 Å². The lowest BCUT2D eigenvalue weighted by atomic mass is 10.0. The zero-order valence-corrected chi connectivity index (χ0v) is 18.5. The van der Waals surface area contributed by atoms with E-state index in [1.54, 1.807) is 28.0 Å². The number of carboxylic acids is 1. The van der Waals surface area contributed by atoms with Gasteiger partial charge in [-0.3, -0.25) is 4.79 Å². The lowest BCUT2D eigenvalue weighted by Gasteiger charge is -2.39. The van der Waals surface area contributed by atoms with Crippen LogP contribution >= 0.6 is 34.5 Å². The molecule has 1 unspecified atom stereocenters. The van der Waals surface area contributed by atoms with Gasteiger partial charge in [0.25, 0.3) is 5.89 Å². The first kappa shape index (κ1) is 21.6. The summed E-state index contributed by atoms with van der Waals surface area (Å²) >= 11 is 13.7. The Kier molecular flexibility index (Phi) is 6.45. The van der Waals surface area contributed by atoms with E-state index in [9.17, 15) is 14.7 Å². The van der Waals surface area contributed by atoms with E-state index in [1.165, 1.54) is 11.3 Å². The number of hydrogen-bond acceptors (Lipinski definition) is 6. The molecule has 2 amide bonds. The van der Waals surface area contributed by atoms with Crippen LogP contribution in [0.25, 0.3) is 11.5 Å². The molecule has 11 heteroatoms. The summed E-state index contributed by atoms with van der Waals surface area (Å²) in [7, 11) is 0. The average molecular weight is 481 g/mol. The van der Waals surface area contributed by atoms with Crippen LogP contribution in [0.1, 0.15) is 17.8 Å². The molecule has 1 saturated heterocycles. The number of hydrogen-bond donors (Lipinski definition) is 1. The number of aromatic nitrogens is 2. The van der Waals surface area contributed by atoms with Gasteiger partial charge in [0.2, 0.25) is 0 Å². The molecule has 1 atom stereocenters. The highest BCUT2D eigenvalue weighted by molar-refractivity contribution is 7.08. The van der Waals surface area contributed by atoms with E-state index in [-0.39, 0.29) is 38.0 Å². The Balaban J connectivity index is 1.53. The van der Waals surface area contributed by atoms with Gasteiger partial charge < -0.3 is 19.4 Å². The summed E-state index contributed by atoms with van der Waals surface area (Å²) < 4.78 is 5.30. The Bertz CT molecular complexity index is 1090. The highest BCUT2D eigenvalue weighted by atomic mass is 35.5. The molecule has 31 heavy (non-hydrogen) atoms. The van der Waals surface area contributed by atoms with Crippen LogP contribution in [0.15, 0.2) is 39.5 Å². The molecule has 8 nitrogen and oxygen atoms in total. The van der Waals surface area contributed by atoms with Crippen LogP contribution in [-0.4, -0.2) is 50.1 Å². The topological polar surface area (TPSA) is 99.8 Å². The Labute approximate surface area is 192 Å². The number of aliphatic carboxylic acids is 1. The summed E-state index contributed by atoms with van der Waals surface area (Å²) in [5.41, 5.74) is 1.55. The molecule has 0 bridgehead atoms. The molecule has 1 aliphatic rings. The van der Waals surface area contributed by atoms with Crippen molar-refractivity contribution in [2.45, 2.75) is 19.5 Å². The van der Waals surface area contributed by atoms with Crippen molar-refractivity contribution in [3.63, 3.8) is 0 Å². The number of carbonyl (C=O) groups excluding carboxylic acids is 1. The SMILES string of the molecule is O=C(O)CC1CN(Cc2noc(-c3ccsc3)n2)C(=O)N(Cc2ccc(Cl)cc2Cl)C1. The van der Waals surface area contributed by atoms with Gasteiger partial charge in [-0.1, -0.05) is 34.4 Å². The summed E-state index contributed by atoms with van der Waals surface area (Å²) in [6.45, 7) is 0.965. The summed E-state index contributed by atoms with van der Waals surface area (Å²) in [6, 6.07) is 6.71. The molecule has 2 aromatic heterocycles. The van der Waals surface area contributed by atoms with Crippen molar-refractivity contribution in [2.24, 2.45) is 5.92 Å². The number of carboxylic acid groups (broad SMARTS) is 1. The maximum absolute atomic E-state index is 13.1. The van der Waals surface area contributed by atoms with E-state index < -0.39 is 5.97 Å². The second kappa shape index (κ2) is 9.25. The Hall–Kier alpha value is -2.62. The second-order valence-corrected chi connectivity index (χ2v) is 8.89. The maximum atomic E-state index is 13.1.